The Labute approximate surface area is 107 Å². The molecule has 18 heavy (non-hydrogen) atoms. The van der Waals surface area contributed by atoms with Crippen molar-refractivity contribution < 1.29 is 9.50 Å². The zero-order valence-corrected chi connectivity index (χ0v) is 10.7. The molecule has 2 aromatic rings. The van der Waals surface area contributed by atoms with E-state index in [4.69, 9.17) is 0 Å². The summed E-state index contributed by atoms with van der Waals surface area (Å²) < 4.78 is 13.3. The van der Waals surface area contributed by atoms with Crippen molar-refractivity contribution in [1.29, 1.82) is 0 Å². The largest absolute Gasteiger partial charge is 0.380 e. The van der Waals surface area contributed by atoms with Gasteiger partial charge in [0.1, 0.15) is 11.4 Å². The van der Waals surface area contributed by atoms with E-state index in [1.807, 2.05) is 38.1 Å². The van der Waals surface area contributed by atoms with E-state index in [0.29, 0.717) is 12.0 Å². The van der Waals surface area contributed by atoms with Crippen LogP contribution in [0, 0.1) is 12.7 Å². The smallest absolute Gasteiger partial charge is 0.123 e. The van der Waals surface area contributed by atoms with E-state index in [2.05, 4.69) is 0 Å². The zero-order valence-electron chi connectivity index (χ0n) is 10.7. The summed E-state index contributed by atoms with van der Waals surface area (Å²) in [5.41, 5.74) is 1.30. The molecule has 0 heterocycles. The second-order valence-corrected chi connectivity index (χ2v) is 4.54. The summed E-state index contributed by atoms with van der Waals surface area (Å²) >= 11 is 0. The molecule has 0 amide bonds. The Morgan fingerprint density at radius 3 is 2.44 bits per heavy atom. The molecule has 1 unspecified atom stereocenters. The van der Waals surface area contributed by atoms with E-state index in [0.717, 1.165) is 11.1 Å². The normalized spacial score (nSPS) is 14.2. The number of hydrogen-bond acceptors (Lipinski definition) is 1. The van der Waals surface area contributed by atoms with Gasteiger partial charge in [0.25, 0.3) is 0 Å². The number of halogens is 1. The first kappa shape index (κ1) is 12.8. The minimum Gasteiger partial charge on any atom is -0.380 e. The average Bonchev–Trinajstić information content (AvgIpc) is 2.38. The van der Waals surface area contributed by atoms with Gasteiger partial charge in [-0.05, 0) is 42.2 Å². The molecule has 0 aliphatic carbocycles. The van der Waals surface area contributed by atoms with Crippen LogP contribution in [0.15, 0.2) is 48.5 Å². The molecule has 2 heteroatoms. The first-order valence-corrected chi connectivity index (χ1v) is 6.12. The second kappa shape index (κ2) is 4.91. The van der Waals surface area contributed by atoms with E-state index in [1.165, 1.54) is 12.1 Å². The lowest BCUT2D eigenvalue weighted by atomic mass is 9.82. The van der Waals surface area contributed by atoms with E-state index >= 15 is 0 Å². The van der Waals surface area contributed by atoms with Gasteiger partial charge in [0, 0.05) is 0 Å². The van der Waals surface area contributed by atoms with E-state index < -0.39 is 5.60 Å². The highest BCUT2D eigenvalue weighted by Gasteiger charge is 2.30. The third kappa shape index (κ3) is 2.16. The molecule has 0 radical (unpaired) electrons. The molecule has 0 bridgehead atoms. The summed E-state index contributed by atoms with van der Waals surface area (Å²) in [7, 11) is 0. The van der Waals surface area contributed by atoms with E-state index in [-0.39, 0.29) is 5.82 Å². The molecule has 1 N–H and O–H groups in total. The van der Waals surface area contributed by atoms with Gasteiger partial charge in [-0.25, -0.2) is 4.39 Å². The molecule has 2 aromatic carbocycles. The van der Waals surface area contributed by atoms with Crippen molar-refractivity contribution in [3.8, 4) is 0 Å². The SMILES string of the molecule is CCC(O)(c1cccc(F)c1)c1ccccc1C. The van der Waals surface area contributed by atoms with Crippen LogP contribution < -0.4 is 0 Å². The molecular formula is C16H17FO. The van der Waals surface area contributed by atoms with Gasteiger partial charge in [0.2, 0.25) is 0 Å². The molecule has 0 spiro atoms. The number of rotatable bonds is 3. The maximum atomic E-state index is 13.3. The van der Waals surface area contributed by atoms with Crippen LogP contribution in [0.4, 0.5) is 4.39 Å². The predicted molar refractivity (Wildman–Crippen MR) is 70.9 cm³/mol. The molecule has 0 aromatic heterocycles. The molecule has 0 fully saturated rings. The van der Waals surface area contributed by atoms with Crippen molar-refractivity contribution in [2.24, 2.45) is 0 Å². The van der Waals surface area contributed by atoms with Crippen LogP contribution in [0.25, 0.3) is 0 Å². The van der Waals surface area contributed by atoms with Gasteiger partial charge in [-0.15, -0.1) is 0 Å². The number of aryl methyl sites for hydroxylation is 1. The summed E-state index contributed by atoms with van der Waals surface area (Å²) in [6, 6.07) is 13.8. The molecule has 1 atom stereocenters. The van der Waals surface area contributed by atoms with Gasteiger partial charge in [-0.3, -0.25) is 0 Å². The standard InChI is InChI=1S/C16H17FO/c1-3-16(18,13-8-6-9-14(17)11-13)15-10-5-4-7-12(15)2/h4-11,18H,3H2,1-2H3. The van der Waals surface area contributed by atoms with Gasteiger partial charge >= 0.3 is 0 Å². The Kier molecular flexibility index (Phi) is 3.48. The first-order chi connectivity index (χ1) is 8.58. The molecule has 0 aliphatic rings. The quantitative estimate of drug-likeness (QED) is 0.871. The lowest BCUT2D eigenvalue weighted by Crippen LogP contribution is -2.27. The van der Waals surface area contributed by atoms with Crippen LogP contribution in [0.1, 0.15) is 30.0 Å². The molecule has 0 saturated heterocycles. The molecule has 2 rings (SSSR count). The minimum absolute atomic E-state index is 0.326. The summed E-state index contributed by atoms with van der Waals surface area (Å²) in [5.74, 6) is -0.326. The zero-order chi connectivity index (χ0) is 13.2. The number of benzene rings is 2. The summed E-state index contributed by atoms with van der Waals surface area (Å²) in [6.07, 6.45) is 0.501. The Balaban J connectivity index is 2.59. The fourth-order valence-electron chi connectivity index (χ4n) is 2.33. The minimum atomic E-state index is -1.13. The second-order valence-electron chi connectivity index (χ2n) is 4.54. The third-order valence-corrected chi connectivity index (χ3v) is 3.40. The summed E-state index contributed by atoms with van der Waals surface area (Å²) in [4.78, 5) is 0. The highest BCUT2D eigenvalue weighted by Crippen LogP contribution is 2.34. The van der Waals surface area contributed by atoms with Crippen LogP contribution >= 0.6 is 0 Å². The van der Waals surface area contributed by atoms with Crippen LogP contribution in [0.5, 0.6) is 0 Å². The maximum absolute atomic E-state index is 13.3. The van der Waals surface area contributed by atoms with E-state index in [9.17, 15) is 9.50 Å². The fourth-order valence-corrected chi connectivity index (χ4v) is 2.33. The van der Waals surface area contributed by atoms with Crippen LogP contribution in [-0.2, 0) is 5.60 Å². The van der Waals surface area contributed by atoms with Gasteiger partial charge in [-0.1, -0.05) is 43.3 Å². The van der Waals surface area contributed by atoms with Crippen molar-refractivity contribution in [3.05, 3.63) is 71.0 Å². The summed E-state index contributed by atoms with van der Waals surface area (Å²) in [5, 5.41) is 10.9. The monoisotopic (exact) mass is 244 g/mol. The van der Waals surface area contributed by atoms with Crippen LogP contribution in [0.2, 0.25) is 0 Å². The van der Waals surface area contributed by atoms with Gasteiger partial charge in [0.15, 0.2) is 0 Å². The highest BCUT2D eigenvalue weighted by atomic mass is 19.1. The van der Waals surface area contributed by atoms with Crippen LogP contribution in [0.3, 0.4) is 0 Å². The Morgan fingerprint density at radius 2 is 1.83 bits per heavy atom. The maximum Gasteiger partial charge on any atom is 0.123 e. The van der Waals surface area contributed by atoms with Crippen molar-refractivity contribution >= 4 is 0 Å². The Bertz CT molecular complexity index is 550. The highest BCUT2D eigenvalue weighted by molar-refractivity contribution is 5.40. The Morgan fingerprint density at radius 1 is 1.11 bits per heavy atom. The van der Waals surface area contributed by atoms with E-state index in [1.54, 1.807) is 12.1 Å². The average molecular weight is 244 g/mol. The topological polar surface area (TPSA) is 20.2 Å². The predicted octanol–water partition coefficient (Wildman–Crippen LogP) is 3.78. The van der Waals surface area contributed by atoms with Crippen LogP contribution in [-0.4, -0.2) is 5.11 Å². The summed E-state index contributed by atoms with van der Waals surface area (Å²) in [6.45, 7) is 3.85. The lowest BCUT2D eigenvalue weighted by Gasteiger charge is -2.29. The molecule has 0 aliphatic heterocycles. The lowest BCUT2D eigenvalue weighted by molar-refractivity contribution is 0.0755. The number of aliphatic hydroxyl groups is 1. The molecule has 94 valence electrons. The third-order valence-electron chi connectivity index (χ3n) is 3.40. The number of hydrogen-bond donors (Lipinski definition) is 1. The van der Waals surface area contributed by atoms with Gasteiger partial charge in [0.05, 0.1) is 0 Å². The van der Waals surface area contributed by atoms with Crippen molar-refractivity contribution in [2.75, 3.05) is 0 Å². The first-order valence-electron chi connectivity index (χ1n) is 6.12. The molecule has 0 saturated carbocycles. The molecular weight excluding hydrogens is 227 g/mol. The van der Waals surface area contributed by atoms with Crippen molar-refractivity contribution in [2.45, 2.75) is 25.9 Å². The Hall–Kier alpha value is -1.67. The fraction of sp³-hybridized carbons (Fsp3) is 0.250. The molecule has 1 nitrogen and oxygen atoms in total. The van der Waals surface area contributed by atoms with Gasteiger partial charge in [-0.2, -0.15) is 0 Å². The van der Waals surface area contributed by atoms with Crippen molar-refractivity contribution in [3.63, 3.8) is 0 Å². The van der Waals surface area contributed by atoms with Gasteiger partial charge < -0.3 is 5.11 Å². The van der Waals surface area contributed by atoms with Crippen molar-refractivity contribution in [1.82, 2.24) is 0 Å².